The molecule has 2 rings (SSSR count). The SMILES string of the molecule is CCCC(Nc1cc(Cl)c(F)cc1[N+](=O)[O-])c1cccs1. The van der Waals surface area contributed by atoms with Gasteiger partial charge in [0.15, 0.2) is 0 Å². The lowest BCUT2D eigenvalue weighted by Crippen LogP contribution is -2.11. The Labute approximate surface area is 130 Å². The molecule has 112 valence electrons. The third-order valence-electron chi connectivity index (χ3n) is 3.03. The normalized spacial score (nSPS) is 12.1. The van der Waals surface area contributed by atoms with Gasteiger partial charge >= 0.3 is 0 Å². The van der Waals surface area contributed by atoms with Crippen molar-refractivity contribution in [3.05, 3.63) is 55.5 Å². The first-order chi connectivity index (χ1) is 10.0. The van der Waals surface area contributed by atoms with Crippen LogP contribution in [0.4, 0.5) is 15.8 Å². The van der Waals surface area contributed by atoms with Crippen molar-refractivity contribution in [1.82, 2.24) is 0 Å². The lowest BCUT2D eigenvalue weighted by Gasteiger charge is -2.18. The zero-order valence-corrected chi connectivity index (χ0v) is 12.9. The molecule has 0 saturated carbocycles. The third-order valence-corrected chi connectivity index (χ3v) is 4.30. The van der Waals surface area contributed by atoms with Crippen LogP contribution in [0.5, 0.6) is 0 Å². The number of hydrogen-bond acceptors (Lipinski definition) is 4. The van der Waals surface area contributed by atoms with Crippen molar-refractivity contribution in [1.29, 1.82) is 0 Å². The second kappa shape index (κ2) is 6.87. The summed E-state index contributed by atoms with van der Waals surface area (Å²) in [6, 6.07) is 5.95. The predicted molar refractivity (Wildman–Crippen MR) is 83.7 cm³/mol. The van der Waals surface area contributed by atoms with Crippen LogP contribution in [0.3, 0.4) is 0 Å². The first-order valence-electron chi connectivity index (χ1n) is 6.46. The van der Waals surface area contributed by atoms with E-state index < -0.39 is 10.7 Å². The van der Waals surface area contributed by atoms with E-state index in [0.29, 0.717) is 0 Å². The Balaban J connectivity index is 2.36. The maximum atomic E-state index is 13.4. The summed E-state index contributed by atoms with van der Waals surface area (Å²) in [5, 5.41) is 16.0. The molecular formula is C14H14ClFN2O2S. The lowest BCUT2D eigenvalue weighted by atomic mass is 10.1. The van der Waals surface area contributed by atoms with Gasteiger partial charge in [-0.05, 0) is 23.9 Å². The van der Waals surface area contributed by atoms with Crippen LogP contribution in [-0.2, 0) is 0 Å². The largest absolute Gasteiger partial charge is 0.372 e. The van der Waals surface area contributed by atoms with Crippen LogP contribution >= 0.6 is 22.9 Å². The molecule has 0 fully saturated rings. The number of halogens is 2. The summed E-state index contributed by atoms with van der Waals surface area (Å²) in [6.45, 7) is 2.04. The summed E-state index contributed by atoms with van der Waals surface area (Å²) >= 11 is 7.31. The first kappa shape index (κ1) is 15.7. The van der Waals surface area contributed by atoms with Gasteiger partial charge in [-0.15, -0.1) is 11.3 Å². The monoisotopic (exact) mass is 328 g/mol. The van der Waals surface area contributed by atoms with Crippen molar-refractivity contribution < 1.29 is 9.31 Å². The van der Waals surface area contributed by atoms with Crippen molar-refractivity contribution in [2.24, 2.45) is 0 Å². The van der Waals surface area contributed by atoms with E-state index in [1.54, 1.807) is 11.3 Å². The predicted octanol–water partition coefficient (Wildman–Crippen LogP) is 5.40. The van der Waals surface area contributed by atoms with E-state index in [-0.39, 0.29) is 22.4 Å². The van der Waals surface area contributed by atoms with E-state index in [9.17, 15) is 14.5 Å². The molecule has 2 aromatic rings. The van der Waals surface area contributed by atoms with Gasteiger partial charge in [-0.1, -0.05) is 31.0 Å². The molecule has 1 aromatic carbocycles. The quantitative estimate of drug-likeness (QED) is 0.570. The summed E-state index contributed by atoms with van der Waals surface area (Å²) in [5.41, 5.74) is -0.0761. The topological polar surface area (TPSA) is 55.2 Å². The third kappa shape index (κ3) is 3.71. The first-order valence-corrected chi connectivity index (χ1v) is 7.72. The molecule has 1 atom stereocenters. The summed E-state index contributed by atoms with van der Waals surface area (Å²) < 4.78 is 13.4. The van der Waals surface area contributed by atoms with Crippen LogP contribution in [0.25, 0.3) is 0 Å². The molecule has 7 heteroatoms. The van der Waals surface area contributed by atoms with Crippen LogP contribution < -0.4 is 5.32 Å². The van der Waals surface area contributed by atoms with Crippen LogP contribution in [0.15, 0.2) is 29.6 Å². The molecule has 0 radical (unpaired) electrons. The van der Waals surface area contributed by atoms with Crippen molar-refractivity contribution in [2.45, 2.75) is 25.8 Å². The number of nitro benzene ring substituents is 1. The lowest BCUT2D eigenvalue weighted by molar-refractivity contribution is -0.384. The molecule has 1 unspecified atom stereocenters. The Morgan fingerprint density at radius 3 is 2.86 bits per heavy atom. The highest BCUT2D eigenvalue weighted by Gasteiger charge is 2.21. The fourth-order valence-corrected chi connectivity index (χ4v) is 3.03. The van der Waals surface area contributed by atoms with E-state index in [4.69, 9.17) is 11.6 Å². The average molecular weight is 329 g/mol. The second-order valence-corrected chi connectivity index (χ2v) is 5.93. The maximum Gasteiger partial charge on any atom is 0.295 e. The minimum Gasteiger partial charge on any atom is -0.372 e. The number of anilines is 1. The zero-order chi connectivity index (χ0) is 15.4. The summed E-state index contributed by atoms with van der Waals surface area (Å²) in [7, 11) is 0. The van der Waals surface area contributed by atoms with Gasteiger partial charge in [0, 0.05) is 4.88 Å². The average Bonchev–Trinajstić information content (AvgIpc) is 2.95. The van der Waals surface area contributed by atoms with Crippen molar-refractivity contribution >= 4 is 34.3 Å². The Morgan fingerprint density at radius 1 is 1.52 bits per heavy atom. The van der Waals surface area contributed by atoms with Crippen molar-refractivity contribution in [3.8, 4) is 0 Å². The van der Waals surface area contributed by atoms with Crippen LogP contribution in [0.2, 0.25) is 5.02 Å². The number of hydrogen-bond donors (Lipinski definition) is 1. The van der Waals surface area contributed by atoms with E-state index in [1.165, 1.54) is 6.07 Å². The molecule has 0 aliphatic rings. The van der Waals surface area contributed by atoms with Gasteiger partial charge in [0.2, 0.25) is 0 Å². The number of nitrogens with zero attached hydrogens (tertiary/aromatic N) is 1. The van der Waals surface area contributed by atoms with Gasteiger partial charge < -0.3 is 5.32 Å². The number of nitro groups is 1. The van der Waals surface area contributed by atoms with E-state index in [0.717, 1.165) is 23.8 Å². The van der Waals surface area contributed by atoms with E-state index >= 15 is 0 Å². The second-order valence-electron chi connectivity index (χ2n) is 4.54. The van der Waals surface area contributed by atoms with Gasteiger partial charge in [-0.2, -0.15) is 0 Å². The summed E-state index contributed by atoms with van der Waals surface area (Å²) in [5.74, 6) is -0.794. The molecule has 1 N–H and O–H groups in total. The highest BCUT2D eigenvalue weighted by Crippen LogP contribution is 2.35. The fraction of sp³-hybridized carbons (Fsp3) is 0.286. The Bertz CT molecular complexity index is 634. The number of rotatable bonds is 6. The molecule has 1 heterocycles. The molecular weight excluding hydrogens is 315 g/mol. The highest BCUT2D eigenvalue weighted by molar-refractivity contribution is 7.10. The molecule has 0 bridgehead atoms. The number of nitrogens with one attached hydrogen (secondary N) is 1. The van der Waals surface area contributed by atoms with E-state index in [2.05, 4.69) is 5.32 Å². The smallest absolute Gasteiger partial charge is 0.295 e. The van der Waals surface area contributed by atoms with Gasteiger partial charge in [-0.3, -0.25) is 10.1 Å². The number of thiophene rings is 1. The Morgan fingerprint density at radius 2 is 2.29 bits per heavy atom. The minimum absolute atomic E-state index is 0.0600. The number of benzene rings is 1. The molecule has 0 aliphatic carbocycles. The summed E-state index contributed by atoms with van der Waals surface area (Å²) in [4.78, 5) is 11.5. The molecule has 21 heavy (non-hydrogen) atoms. The molecule has 0 spiro atoms. The summed E-state index contributed by atoms with van der Waals surface area (Å²) in [6.07, 6.45) is 1.73. The molecule has 0 aliphatic heterocycles. The molecule has 0 amide bonds. The van der Waals surface area contributed by atoms with Crippen molar-refractivity contribution in [2.75, 3.05) is 5.32 Å². The fourth-order valence-electron chi connectivity index (χ4n) is 2.05. The zero-order valence-electron chi connectivity index (χ0n) is 11.3. The van der Waals surface area contributed by atoms with Crippen molar-refractivity contribution in [3.63, 3.8) is 0 Å². The van der Waals surface area contributed by atoms with Crippen LogP contribution in [0, 0.1) is 15.9 Å². The standard InChI is InChI=1S/C14H14ClFN2O2S/c1-2-4-11(14-5-3-6-21-14)17-12-7-9(15)10(16)8-13(12)18(19)20/h3,5-8,11,17H,2,4H2,1H3. The van der Waals surface area contributed by atoms with Crippen LogP contribution in [0.1, 0.15) is 30.7 Å². The Kier molecular flexibility index (Phi) is 5.14. The van der Waals surface area contributed by atoms with Gasteiger partial charge in [0.05, 0.1) is 22.1 Å². The highest BCUT2D eigenvalue weighted by atomic mass is 35.5. The minimum atomic E-state index is -0.794. The van der Waals surface area contributed by atoms with Crippen LogP contribution in [-0.4, -0.2) is 4.92 Å². The van der Waals surface area contributed by atoms with Gasteiger partial charge in [-0.25, -0.2) is 4.39 Å². The molecule has 1 aromatic heterocycles. The van der Waals surface area contributed by atoms with Gasteiger partial charge in [0.1, 0.15) is 11.5 Å². The molecule has 4 nitrogen and oxygen atoms in total. The molecule has 0 saturated heterocycles. The Hall–Kier alpha value is -1.66. The van der Waals surface area contributed by atoms with Gasteiger partial charge in [0.25, 0.3) is 5.69 Å². The maximum absolute atomic E-state index is 13.4. The van der Waals surface area contributed by atoms with E-state index in [1.807, 2.05) is 24.4 Å².